The molecule has 1 amide bonds. The minimum absolute atomic E-state index is 0.0118. The van der Waals surface area contributed by atoms with Crippen molar-refractivity contribution in [1.82, 2.24) is 9.97 Å². The molecule has 0 aliphatic rings. The molecule has 0 radical (unpaired) electrons. The van der Waals surface area contributed by atoms with Gasteiger partial charge in [-0.05, 0) is 42.5 Å². The predicted molar refractivity (Wildman–Crippen MR) is 87.5 cm³/mol. The summed E-state index contributed by atoms with van der Waals surface area (Å²) in [5.41, 5.74) is 1.80. The summed E-state index contributed by atoms with van der Waals surface area (Å²) in [5.74, 6) is -0.958. The topological polar surface area (TPSA) is 94.8 Å². The summed E-state index contributed by atoms with van der Waals surface area (Å²) in [5, 5.41) is 2.67. The Bertz CT molecular complexity index is 957. The molecule has 0 aliphatic heterocycles. The number of H-pyrrole nitrogens is 2. The van der Waals surface area contributed by atoms with Crippen molar-refractivity contribution in [2.45, 2.75) is 12.8 Å². The van der Waals surface area contributed by atoms with Gasteiger partial charge in [0.05, 0.1) is 11.0 Å². The van der Waals surface area contributed by atoms with Gasteiger partial charge in [0.15, 0.2) is 5.78 Å². The van der Waals surface area contributed by atoms with Crippen molar-refractivity contribution in [3.8, 4) is 0 Å². The average molecular weight is 327 g/mol. The van der Waals surface area contributed by atoms with Crippen molar-refractivity contribution in [3.63, 3.8) is 0 Å². The first kappa shape index (κ1) is 15.7. The highest BCUT2D eigenvalue weighted by Gasteiger charge is 2.10. The van der Waals surface area contributed by atoms with Crippen molar-refractivity contribution in [3.05, 3.63) is 64.3 Å². The molecule has 0 fully saturated rings. The molecule has 6 nitrogen and oxygen atoms in total. The zero-order valence-corrected chi connectivity index (χ0v) is 12.6. The van der Waals surface area contributed by atoms with Crippen LogP contribution in [0.5, 0.6) is 0 Å². The molecule has 3 rings (SSSR count). The van der Waals surface area contributed by atoms with E-state index in [0.717, 1.165) is 0 Å². The molecule has 122 valence electrons. The highest BCUT2D eigenvalue weighted by Crippen LogP contribution is 2.15. The first-order valence-corrected chi connectivity index (χ1v) is 7.32. The lowest BCUT2D eigenvalue weighted by molar-refractivity contribution is -0.116. The fraction of sp³-hybridized carbons (Fsp3) is 0.118. The standard InChI is InChI=1S/C17H14FN3O3/c18-11-3-1-10(2-4-11)15(22)7-8-16(23)19-12-5-6-13-14(9-12)21-17(24)20-13/h1-6,9H,7-8H2,(H,19,23)(H2,20,21,24). The van der Waals surface area contributed by atoms with E-state index in [2.05, 4.69) is 15.3 Å². The third-order valence-corrected chi connectivity index (χ3v) is 3.55. The van der Waals surface area contributed by atoms with Crippen molar-refractivity contribution < 1.29 is 14.0 Å². The van der Waals surface area contributed by atoms with Crippen LogP contribution in [0.15, 0.2) is 47.3 Å². The van der Waals surface area contributed by atoms with E-state index in [9.17, 15) is 18.8 Å². The van der Waals surface area contributed by atoms with Gasteiger partial charge in [0.2, 0.25) is 5.91 Å². The third-order valence-electron chi connectivity index (χ3n) is 3.55. The van der Waals surface area contributed by atoms with E-state index in [1.807, 2.05) is 0 Å². The Balaban J connectivity index is 1.59. The summed E-state index contributed by atoms with van der Waals surface area (Å²) in [4.78, 5) is 40.3. The summed E-state index contributed by atoms with van der Waals surface area (Å²) in [6, 6.07) is 10.2. The molecule has 0 bridgehead atoms. The molecule has 0 unspecified atom stereocenters. The summed E-state index contributed by atoms with van der Waals surface area (Å²) in [7, 11) is 0. The molecule has 1 aromatic heterocycles. The summed E-state index contributed by atoms with van der Waals surface area (Å²) >= 11 is 0. The molecular formula is C17H14FN3O3. The second-order valence-corrected chi connectivity index (χ2v) is 5.32. The molecular weight excluding hydrogens is 313 g/mol. The monoisotopic (exact) mass is 327 g/mol. The van der Waals surface area contributed by atoms with Crippen molar-refractivity contribution in [2.24, 2.45) is 0 Å². The van der Waals surface area contributed by atoms with Gasteiger partial charge in [0.25, 0.3) is 0 Å². The summed E-state index contributed by atoms with van der Waals surface area (Å²) in [6.45, 7) is 0. The van der Waals surface area contributed by atoms with E-state index in [1.165, 1.54) is 24.3 Å². The Morgan fingerprint density at radius 3 is 2.42 bits per heavy atom. The van der Waals surface area contributed by atoms with Gasteiger partial charge in [-0.25, -0.2) is 9.18 Å². The van der Waals surface area contributed by atoms with Gasteiger partial charge in [-0.15, -0.1) is 0 Å². The van der Waals surface area contributed by atoms with Crippen LogP contribution in [0.25, 0.3) is 11.0 Å². The zero-order chi connectivity index (χ0) is 17.1. The fourth-order valence-corrected chi connectivity index (χ4v) is 2.34. The Labute approximate surface area is 135 Å². The number of imidazole rings is 1. The third kappa shape index (κ3) is 3.57. The van der Waals surface area contributed by atoms with Crippen LogP contribution in [0, 0.1) is 5.82 Å². The maximum atomic E-state index is 12.8. The Morgan fingerprint density at radius 1 is 0.958 bits per heavy atom. The summed E-state index contributed by atoms with van der Waals surface area (Å²) < 4.78 is 12.8. The molecule has 0 spiro atoms. The number of benzene rings is 2. The highest BCUT2D eigenvalue weighted by atomic mass is 19.1. The van der Waals surface area contributed by atoms with Crippen LogP contribution >= 0.6 is 0 Å². The number of hydrogen-bond acceptors (Lipinski definition) is 3. The summed E-state index contributed by atoms with van der Waals surface area (Å²) in [6.07, 6.45) is 0.0403. The number of carbonyl (C=O) groups excluding carboxylic acids is 2. The second kappa shape index (κ2) is 6.49. The number of fused-ring (bicyclic) bond motifs is 1. The van der Waals surface area contributed by atoms with Gasteiger partial charge >= 0.3 is 5.69 Å². The SMILES string of the molecule is O=C(CCC(=O)c1ccc(F)cc1)Nc1ccc2[nH]c(=O)[nH]c2c1. The van der Waals surface area contributed by atoms with Gasteiger partial charge < -0.3 is 15.3 Å². The van der Waals surface area contributed by atoms with Gasteiger partial charge in [0, 0.05) is 24.1 Å². The number of nitrogens with one attached hydrogen (secondary N) is 3. The van der Waals surface area contributed by atoms with Crippen molar-refractivity contribution in [2.75, 3.05) is 5.32 Å². The normalized spacial score (nSPS) is 10.7. The van der Waals surface area contributed by atoms with Crippen LogP contribution < -0.4 is 11.0 Å². The van der Waals surface area contributed by atoms with E-state index in [0.29, 0.717) is 22.3 Å². The van der Waals surface area contributed by atoms with E-state index in [4.69, 9.17) is 0 Å². The van der Waals surface area contributed by atoms with Crippen molar-refractivity contribution >= 4 is 28.4 Å². The Morgan fingerprint density at radius 2 is 1.67 bits per heavy atom. The Hall–Kier alpha value is -3.22. The lowest BCUT2D eigenvalue weighted by Crippen LogP contribution is -2.13. The van der Waals surface area contributed by atoms with Crippen LogP contribution in [-0.2, 0) is 4.79 Å². The fourth-order valence-electron chi connectivity index (χ4n) is 2.34. The average Bonchev–Trinajstić information content (AvgIpc) is 2.92. The molecule has 2 aromatic carbocycles. The van der Waals surface area contributed by atoms with Gasteiger partial charge in [-0.3, -0.25) is 9.59 Å². The zero-order valence-electron chi connectivity index (χ0n) is 12.6. The number of carbonyl (C=O) groups is 2. The van der Waals surface area contributed by atoms with Gasteiger partial charge in [-0.1, -0.05) is 0 Å². The van der Waals surface area contributed by atoms with E-state index in [-0.39, 0.29) is 30.2 Å². The maximum Gasteiger partial charge on any atom is 0.323 e. The number of aromatic nitrogens is 2. The number of halogens is 1. The molecule has 1 heterocycles. The smallest absolute Gasteiger partial charge is 0.323 e. The quantitative estimate of drug-likeness (QED) is 0.629. The lowest BCUT2D eigenvalue weighted by Gasteiger charge is -2.05. The number of amides is 1. The highest BCUT2D eigenvalue weighted by molar-refractivity contribution is 6.00. The lowest BCUT2D eigenvalue weighted by atomic mass is 10.1. The molecule has 24 heavy (non-hydrogen) atoms. The molecule has 7 heteroatoms. The molecule has 0 saturated heterocycles. The minimum Gasteiger partial charge on any atom is -0.326 e. The molecule has 0 saturated carbocycles. The van der Waals surface area contributed by atoms with Gasteiger partial charge in [0.1, 0.15) is 5.82 Å². The molecule has 3 aromatic rings. The van der Waals surface area contributed by atoms with Crippen LogP contribution in [0.1, 0.15) is 23.2 Å². The number of anilines is 1. The number of ketones is 1. The van der Waals surface area contributed by atoms with E-state index >= 15 is 0 Å². The largest absolute Gasteiger partial charge is 0.326 e. The maximum absolute atomic E-state index is 12.8. The number of rotatable bonds is 5. The van der Waals surface area contributed by atoms with Crippen LogP contribution in [-0.4, -0.2) is 21.7 Å². The van der Waals surface area contributed by atoms with Crippen LogP contribution in [0.4, 0.5) is 10.1 Å². The second-order valence-electron chi connectivity index (χ2n) is 5.32. The first-order chi connectivity index (χ1) is 11.5. The predicted octanol–water partition coefficient (Wildman–Crippen LogP) is 2.60. The molecule has 0 atom stereocenters. The molecule has 0 aliphatic carbocycles. The van der Waals surface area contributed by atoms with Crippen molar-refractivity contribution in [1.29, 1.82) is 0 Å². The number of hydrogen-bond donors (Lipinski definition) is 3. The van der Waals surface area contributed by atoms with Crippen LogP contribution in [0.2, 0.25) is 0 Å². The van der Waals surface area contributed by atoms with Gasteiger partial charge in [-0.2, -0.15) is 0 Å². The van der Waals surface area contributed by atoms with Crippen LogP contribution in [0.3, 0.4) is 0 Å². The van der Waals surface area contributed by atoms with E-state index in [1.54, 1.807) is 18.2 Å². The minimum atomic E-state index is -0.414. The van der Waals surface area contributed by atoms with E-state index < -0.39 is 5.82 Å². The first-order valence-electron chi connectivity index (χ1n) is 7.32. The Kier molecular flexibility index (Phi) is 4.24. The number of Topliss-reactive ketones (excluding diaryl/α,β-unsaturated/α-hetero) is 1. The molecule has 3 N–H and O–H groups in total. The number of aromatic amines is 2.